The van der Waals surface area contributed by atoms with Crippen LogP contribution in [0, 0.1) is 18.8 Å². The van der Waals surface area contributed by atoms with E-state index in [4.69, 9.17) is 0 Å². The fraction of sp³-hybridized carbons (Fsp3) is 0. The molecule has 0 heterocycles. The van der Waals surface area contributed by atoms with Gasteiger partial charge in [0.15, 0.2) is 7.14 Å². The first kappa shape index (κ1) is 13.0. The Hall–Kier alpha value is -1.04. The van der Waals surface area contributed by atoms with Crippen molar-refractivity contribution in [2.24, 2.45) is 0 Å². The van der Waals surface area contributed by atoms with Crippen LogP contribution in [-0.4, -0.2) is 0 Å². The maximum atomic E-state index is 12.6. The van der Waals surface area contributed by atoms with E-state index in [-0.39, 0.29) is 37.5 Å². The van der Waals surface area contributed by atoms with E-state index in [1.165, 1.54) is 24.3 Å². The Labute approximate surface area is 102 Å². The summed E-state index contributed by atoms with van der Waals surface area (Å²) < 4.78 is 27.5. The van der Waals surface area contributed by atoms with Crippen LogP contribution < -0.4 is 25.9 Å². The molecule has 2 aromatic rings. The molecular weight excluding hydrogens is 328 g/mol. The van der Waals surface area contributed by atoms with E-state index in [9.17, 15) is 8.78 Å². The lowest BCUT2D eigenvalue weighted by molar-refractivity contribution is -0.597. The summed E-state index contributed by atoms with van der Waals surface area (Å²) in [4.78, 5) is 0. The molecule has 0 radical (unpaired) electrons. The standard InChI is InChI=1S/C12H8F2I.FH/c13-9-1-5-11(6-2-9)15-12-7-3-10(14)4-8-12;/h1-8H;1H/q+1;/p-1. The van der Waals surface area contributed by atoms with Crippen molar-refractivity contribution in [2.45, 2.75) is 0 Å². The predicted molar refractivity (Wildman–Crippen MR) is 50.2 cm³/mol. The summed E-state index contributed by atoms with van der Waals surface area (Å²) in [6, 6.07) is 13.0. The summed E-state index contributed by atoms with van der Waals surface area (Å²) in [6.07, 6.45) is 0. The minimum atomic E-state index is -0.330. The Bertz CT molecular complexity index is 393. The summed E-state index contributed by atoms with van der Waals surface area (Å²) in [5.74, 6) is -0.441. The van der Waals surface area contributed by atoms with Gasteiger partial charge in [-0.15, -0.1) is 0 Å². The molecular formula is C12H8F3I. The van der Waals surface area contributed by atoms with Crippen molar-refractivity contribution in [1.29, 1.82) is 0 Å². The molecule has 16 heavy (non-hydrogen) atoms. The molecule has 0 aromatic heterocycles. The van der Waals surface area contributed by atoms with Gasteiger partial charge in [-0.05, 0) is 48.5 Å². The van der Waals surface area contributed by atoms with Gasteiger partial charge in [0, 0.05) is 0 Å². The fourth-order valence-electron chi connectivity index (χ4n) is 1.11. The van der Waals surface area contributed by atoms with Crippen LogP contribution in [0.1, 0.15) is 0 Å². The molecule has 0 amide bonds. The zero-order valence-electron chi connectivity index (χ0n) is 8.13. The van der Waals surface area contributed by atoms with Gasteiger partial charge in [0.05, 0.1) is 0 Å². The highest BCUT2D eigenvalue weighted by atomic mass is 127. The van der Waals surface area contributed by atoms with Crippen molar-refractivity contribution in [3.8, 4) is 0 Å². The second kappa shape index (κ2) is 5.89. The maximum absolute atomic E-state index is 12.6. The highest BCUT2D eigenvalue weighted by Gasteiger charge is 2.14. The van der Waals surface area contributed by atoms with Crippen LogP contribution in [0.2, 0.25) is 0 Å². The molecule has 84 valence electrons. The molecule has 0 aliphatic carbocycles. The Morgan fingerprint density at radius 1 is 0.625 bits per heavy atom. The van der Waals surface area contributed by atoms with E-state index in [2.05, 4.69) is 0 Å². The van der Waals surface area contributed by atoms with Crippen molar-refractivity contribution in [2.75, 3.05) is 0 Å². The van der Waals surface area contributed by atoms with Crippen molar-refractivity contribution in [3.05, 3.63) is 67.3 Å². The molecule has 0 aliphatic rings. The van der Waals surface area contributed by atoms with Crippen LogP contribution in [0.4, 0.5) is 8.78 Å². The molecule has 0 saturated carbocycles. The average Bonchev–Trinajstić information content (AvgIpc) is 2.25. The van der Waals surface area contributed by atoms with E-state index in [1.807, 2.05) is 0 Å². The van der Waals surface area contributed by atoms with E-state index in [1.54, 1.807) is 24.3 Å². The molecule has 0 bridgehead atoms. The molecule has 0 aliphatic heterocycles. The molecule has 2 rings (SSSR count). The van der Waals surface area contributed by atoms with Crippen LogP contribution in [0.3, 0.4) is 0 Å². The second-order valence-corrected chi connectivity index (χ2v) is 6.00. The lowest BCUT2D eigenvalue weighted by Crippen LogP contribution is -3.61. The summed E-state index contributed by atoms with van der Waals surface area (Å²) >= 11 is -0.330. The number of rotatable bonds is 2. The number of halogens is 4. The van der Waals surface area contributed by atoms with Crippen molar-refractivity contribution < 1.29 is 34.7 Å². The Balaban J connectivity index is 0.00000128. The molecule has 0 fully saturated rings. The number of hydrogen-bond acceptors (Lipinski definition) is 0. The highest BCUT2D eigenvalue weighted by Crippen LogP contribution is 1.95. The first-order chi connectivity index (χ1) is 7.24. The van der Waals surface area contributed by atoms with Crippen molar-refractivity contribution >= 4 is 0 Å². The molecule has 0 saturated heterocycles. The lowest BCUT2D eigenvalue weighted by atomic mass is 10.4. The van der Waals surface area contributed by atoms with Crippen LogP contribution in [0.15, 0.2) is 48.5 Å². The third kappa shape index (κ3) is 3.52. The highest BCUT2D eigenvalue weighted by molar-refractivity contribution is 5.05. The van der Waals surface area contributed by atoms with Gasteiger partial charge in [0.1, 0.15) is 11.6 Å². The van der Waals surface area contributed by atoms with Crippen molar-refractivity contribution in [1.82, 2.24) is 0 Å². The van der Waals surface area contributed by atoms with Gasteiger partial charge >= 0.3 is 21.2 Å². The topological polar surface area (TPSA) is 0 Å². The van der Waals surface area contributed by atoms with Gasteiger partial charge in [-0.25, -0.2) is 8.78 Å². The van der Waals surface area contributed by atoms with Gasteiger partial charge in [-0.3, -0.25) is 0 Å². The van der Waals surface area contributed by atoms with Gasteiger partial charge in [0.25, 0.3) is 0 Å². The summed E-state index contributed by atoms with van der Waals surface area (Å²) in [7, 11) is 0. The smallest absolute Gasteiger partial charge is 0.357 e. The molecule has 0 spiro atoms. The van der Waals surface area contributed by atoms with Crippen LogP contribution >= 0.6 is 0 Å². The Morgan fingerprint density at radius 3 is 1.25 bits per heavy atom. The van der Waals surface area contributed by atoms with Gasteiger partial charge in [0.2, 0.25) is 0 Å². The van der Waals surface area contributed by atoms with Gasteiger partial charge in [-0.1, -0.05) is 0 Å². The Morgan fingerprint density at radius 2 is 0.938 bits per heavy atom. The zero-order chi connectivity index (χ0) is 10.7. The number of hydrogen-bond donors (Lipinski definition) is 0. The Kier molecular flexibility index (Phi) is 4.79. The van der Waals surface area contributed by atoms with Crippen LogP contribution in [0.25, 0.3) is 0 Å². The summed E-state index contributed by atoms with van der Waals surface area (Å²) in [5.41, 5.74) is 0. The maximum Gasteiger partial charge on any atom is 0.357 e. The normalized spacial score (nSPS) is 9.62. The lowest BCUT2D eigenvalue weighted by Gasteiger charge is -1.88. The molecule has 2 aromatic carbocycles. The summed E-state index contributed by atoms with van der Waals surface area (Å²) in [5, 5.41) is 0. The van der Waals surface area contributed by atoms with Crippen LogP contribution in [-0.2, 0) is 0 Å². The van der Waals surface area contributed by atoms with Crippen LogP contribution in [0.5, 0.6) is 0 Å². The quantitative estimate of drug-likeness (QED) is 0.517. The number of benzene rings is 2. The second-order valence-electron chi connectivity index (χ2n) is 2.97. The molecule has 4 heteroatoms. The minimum absolute atomic E-state index is 0. The fourth-order valence-corrected chi connectivity index (χ4v) is 3.27. The largest absolute Gasteiger partial charge is 1.00 e. The monoisotopic (exact) mass is 336 g/mol. The third-order valence-corrected chi connectivity index (χ3v) is 4.51. The van der Waals surface area contributed by atoms with Gasteiger partial charge < -0.3 is 4.70 Å². The first-order valence-electron chi connectivity index (χ1n) is 4.40. The summed E-state index contributed by atoms with van der Waals surface area (Å²) in [6.45, 7) is 0. The van der Waals surface area contributed by atoms with Gasteiger partial charge in [-0.2, -0.15) is 0 Å². The first-order valence-corrected chi connectivity index (χ1v) is 6.56. The predicted octanol–water partition coefficient (Wildman–Crippen LogP) is -2.90. The average molecular weight is 336 g/mol. The SMILES string of the molecule is Fc1ccc([I+]c2ccc(F)cc2)cc1.[F-]. The zero-order valence-corrected chi connectivity index (χ0v) is 10.3. The molecule has 0 nitrogen and oxygen atoms in total. The van der Waals surface area contributed by atoms with E-state index >= 15 is 0 Å². The minimum Gasteiger partial charge on any atom is -1.00 e. The van der Waals surface area contributed by atoms with E-state index in [0.29, 0.717) is 0 Å². The van der Waals surface area contributed by atoms with E-state index in [0.717, 1.165) is 7.14 Å². The third-order valence-electron chi connectivity index (χ3n) is 1.83. The van der Waals surface area contributed by atoms with E-state index < -0.39 is 0 Å². The van der Waals surface area contributed by atoms with Crippen molar-refractivity contribution in [3.63, 3.8) is 0 Å². The molecule has 0 unspecified atom stereocenters. The molecule has 0 N–H and O–H groups in total. The molecule has 0 atom stereocenters.